The molecule has 12 aromatic carbocycles. The molecule has 0 saturated carbocycles. The molecule has 139 heavy (non-hydrogen) atoms. The first-order valence-electron chi connectivity index (χ1n) is 43.9. The van der Waals surface area contributed by atoms with Crippen LogP contribution < -0.4 is 41.9 Å². The maximum absolute atomic E-state index is 13.3. The van der Waals surface area contributed by atoms with Gasteiger partial charge in [0.2, 0.25) is 0 Å². The van der Waals surface area contributed by atoms with E-state index in [1.54, 1.807) is 175 Å². The summed E-state index contributed by atoms with van der Waals surface area (Å²) in [5.41, 5.74) is 9.62. The van der Waals surface area contributed by atoms with Gasteiger partial charge in [-0.25, -0.2) is 4.98 Å². The Kier molecular flexibility index (Phi) is 31.2. The van der Waals surface area contributed by atoms with Crippen LogP contribution in [-0.2, 0) is 62.1 Å². The number of aliphatic carboxylic acids is 5. The Morgan fingerprint density at radius 2 is 0.784 bits per heavy atom. The summed E-state index contributed by atoms with van der Waals surface area (Å²) in [6, 6.07) is 64.0. The molecule has 6 heterocycles. The van der Waals surface area contributed by atoms with Crippen molar-refractivity contribution < 1.29 is 59.0 Å². The summed E-state index contributed by atoms with van der Waals surface area (Å²) in [5.74, 6) is -2.85. The minimum atomic E-state index is -1.03. The number of rotatable bonds is 22. The molecule has 0 aliphatic carbocycles. The Hall–Kier alpha value is -14.0. The van der Waals surface area contributed by atoms with Crippen molar-refractivity contribution in [1.29, 1.82) is 0 Å². The van der Waals surface area contributed by atoms with E-state index in [9.17, 15) is 73.5 Å². The molecule has 710 valence electrons. The van der Waals surface area contributed by atoms with Crippen molar-refractivity contribution in [2.24, 2.45) is 0 Å². The van der Waals surface area contributed by atoms with Gasteiger partial charge in [0.15, 0.2) is 38.6 Å². The summed E-state index contributed by atoms with van der Waals surface area (Å²) in [5, 5.41) is 57.6. The fourth-order valence-electron chi connectivity index (χ4n) is 16.7. The highest BCUT2D eigenvalue weighted by atomic mass is 35.5. The highest BCUT2D eigenvalue weighted by Crippen LogP contribution is 2.44. The zero-order valence-electron chi connectivity index (χ0n) is 77.0. The van der Waals surface area contributed by atoms with Crippen LogP contribution in [0.5, 0.6) is 17.2 Å². The molecule has 0 radical (unpaired) electrons. The molecule has 18 rings (SSSR count). The first-order chi connectivity index (χ1) is 66.3. The normalized spacial score (nSPS) is 11.4. The SMILES string of the molecule is CC(C)Sc1c(Cl)ccc2c(=O)c3ccc(C(C)(C)C)cc3n(CC(=O)O)c12.CC(C)c1ccc2c(=O)c3ccc(Cl)c(-c4ccccc4)c3n(CC(=O)O)c2c1.CCOc1c(Cl)ccc2c(=O)c3ccc(C(C)C)cc3n(CC(=O)O)c12.CSc1c(Cl)ccc2c(=O)c3ccc(Nc4cnccn4)cc3n(CC(=O)O)c12.O=C(O)Cn1c2ccccc2c(=O)c2ccc(Cl)c(Oc3ccccc3)c21. The lowest BCUT2D eigenvalue weighted by molar-refractivity contribution is -0.138. The summed E-state index contributed by atoms with van der Waals surface area (Å²) < 4.78 is 19.8. The van der Waals surface area contributed by atoms with Gasteiger partial charge in [-0.05, 0) is 192 Å². The molecule has 0 unspecified atom stereocenters. The smallest absolute Gasteiger partial charge is 0.323 e. The highest BCUT2D eigenvalue weighted by Gasteiger charge is 2.28. The van der Waals surface area contributed by atoms with Gasteiger partial charge in [0.1, 0.15) is 44.3 Å². The topological polar surface area (TPSA) is 353 Å². The molecule has 0 atom stereocenters. The van der Waals surface area contributed by atoms with Crippen LogP contribution in [0.3, 0.4) is 0 Å². The summed E-state index contributed by atoms with van der Waals surface area (Å²) >= 11 is 35.0. The van der Waals surface area contributed by atoms with Crippen LogP contribution in [0.15, 0.2) is 271 Å². The number of aromatic nitrogens is 7. The molecule has 25 nitrogen and oxygen atoms in total. The van der Waals surface area contributed by atoms with Crippen molar-refractivity contribution in [3.05, 3.63) is 330 Å². The Labute approximate surface area is 828 Å². The van der Waals surface area contributed by atoms with Gasteiger partial charge in [-0.2, -0.15) is 0 Å². The molecular formula is C107H93Cl5N8O17S2. The fraction of sp³-hybridized carbons (Fsp3) is 0.196. The lowest BCUT2D eigenvalue weighted by Crippen LogP contribution is -2.18. The molecule has 0 aliphatic heterocycles. The standard InChI is InChI=1S/C24H20ClNO3.C22H24ClNO3S.C21H14ClNO4.C20H15ClN4O3S.C20H20ClNO4/c1-14(2)16-8-9-17-20(12-16)26(13-21(27)28)23-18(24(17)29)10-11-19(25)22(23)15-6-4-3-5-7-15;1-12(2)28-21-16(23)9-8-15-19(21)24(11-18(25)26)17-10-13(22(3,4)5)6-7-14(17)20(15)27;22-16-11-10-15-19(21(16)27-13-6-2-1-3-7-13)23(12-18(24)25)17-9-5-4-8-14(17)20(15)26;1-29-20-14(21)5-4-13-18(20)25(10-17(26)27)15-8-11(2-3-12(15)19(13)28)24-16-9-22-6-7-23-16;1-4-26-20-15(21)8-7-14-18(20)22(10-17(23)24)16-9-12(11(2)3)5-6-13(16)19(14)25/h3-12,14H,13H2,1-2H3,(H,27,28);6-10,12H,11H2,1-5H3,(H,25,26);1-11H,12H2,(H,24,25);2-9H,10H2,1H3,(H,23,24)(H,26,27);5-9,11H,4,10H2,1-3H3,(H,23,24). The van der Waals surface area contributed by atoms with E-state index in [2.05, 4.69) is 49.9 Å². The van der Waals surface area contributed by atoms with E-state index >= 15 is 0 Å². The van der Waals surface area contributed by atoms with Gasteiger partial charge < -0.3 is 63.2 Å². The molecule has 18 aromatic rings. The molecule has 32 heteroatoms. The van der Waals surface area contributed by atoms with Gasteiger partial charge in [0, 0.05) is 72.0 Å². The second-order valence-corrected chi connectivity index (χ2v) is 38.8. The first kappa shape index (κ1) is 101. The van der Waals surface area contributed by atoms with Crippen LogP contribution in [0.1, 0.15) is 97.8 Å². The molecule has 6 N–H and O–H groups in total. The zero-order chi connectivity index (χ0) is 100. The average molecular weight is 2000 g/mol. The highest BCUT2D eigenvalue weighted by molar-refractivity contribution is 8.00. The molecule has 0 fully saturated rings. The number of fused-ring (bicyclic) bond motifs is 10. The number of ether oxygens (including phenoxy) is 2. The van der Waals surface area contributed by atoms with Crippen molar-refractivity contribution >= 4 is 232 Å². The molecule has 0 saturated heterocycles. The van der Waals surface area contributed by atoms with E-state index in [0.29, 0.717) is 174 Å². The monoisotopic (exact) mass is 2000 g/mol. The number of carboxylic acids is 5. The third-order valence-corrected chi connectivity index (χ3v) is 26.7. The van der Waals surface area contributed by atoms with E-state index in [1.165, 1.54) is 23.5 Å². The van der Waals surface area contributed by atoms with Gasteiger partial charge in [-0.3, -0.25) is 52.9 Å². The van der Waals surface area contributed by atoms with Crippen LogP contribution in [0.2, 0.25) is 25.1 Å². The van der Waals surface area contributed by atoms with Crippen molar-refractivity contribution in [2.75, 3.05) is 18.2 Å². The van der Waals surface area contributed by atoms with Crippen LogP contribution in [0.4, 0.5) is 11.5 Å². The molecule has 6 aromatic heterocycles. The predicted molar refractivity (Wildman–Crippen MR) is 560 cm³/mol. The average Bonchev–Trinajstić information content (AvgIpc) is 0.749. The Balaban J connectivity index is 0.000000139. The molecule has 0 aliphatic rings. The van der Waals surface area contributed by atoms with Crippen LogP contribution >= 0.6 is 81.5 Å². The number of nitrogens with zero attached hydrogens (tertiary/aromatic N) is 7. The van der Waals surface area contributed by atoms with Gasteiger partial charge >= 0.3 is 29.8 Å². The van der Waals surface area contributed by atoms with Gasteiger partial charge in [-0.1, -0.05) is 199 Å². The van der Waals surface area contributed by atoms with E-state index in [-0.39, 0.29) is 88.1 Å². The lowest BCUT2D eigenvalue weighted by atomic mass is 9.86. The molecular weight excluding hydrogens is 1910 g/mol. The van der Waals surface area contributed by atoms with Crippen LogP contribution in [0, 0.1) is 0 Å². The van der Waals surface area contributed by atoms with Gasteiger partial charge in [-0.15, -0.1) is 23.5 Å². The third-order valence-electron chi connectivity index (χ3n) is 23.0. The zero-order valence-corrected chi connectivity index (χ0v) is 82.4. The summed E-state index contributed by atoms with van der Waals surface area (Å²) in [6.07, 6.45) is 6.53. The van der Waals surface area contributed by atoms with E-state index in [4.69, 9.17) is 67.5 Å². The Bertz CT molecular complexity index is 8300. The van der Waals surface area contributed by atoms with E-state index in [0.717, 1.165) is 27.1 Å². The van der Waals surface area contributed by atoms with E-state index in [1.807, 2.05) is 126 Å². The summed E-state index contributed by atoms with van der Waals surface area (Å²) in [4.78, 5) is 133. The van der Waals surface area contributed by atoms with Crippen molar-refractivity contribution in [3.63, 3.8) is 0 Å². The number of carboxylic acid groups (broad SMARTS) is 5. The minimum Gasteiger partial charge on any atom is -0.490 e. The van der Waals surface area contributed by atoms with Crippen LogP contribution in [-0.4, -0.2) is 106 Å². The molecule has 0 amide bonds. The number of benzene rings is 12. The summed E-state index contributed by atoms with van der Waals surface area (Å²) in [7, 11) is 0. The number of hydrogen-bond acceptors (Lipinski definition) is 17. The quantitative estimate of drug-likeness (QED) is 0.0271. The van der Waals surface area contributed by atoms with Crippen molar-refractivity contribution in [1.82, 2.24) is 32.8 Å². The third kappa shape index (κ3) is 21.5. The number of para-hydroxylation sites is 2. The van der Waals surface area contributed by atoms with Gasteiger partial charge in [0.05, 0.1) is 114 Å². The Morgan fingerprint density at radius 1 is 0.403 bits per heavy atom. The van der Waals surface area contributed by atoms with E-state index < -0.39 is 29.8 Å². The van der Waals surface area contributed by atoms with Crippen molar-refractivity contribution in [2.45, 2.75) is 134 Å². The minimum absolute atomic E-state index is 0.102. The number of halogens is 5. The first-order valence-corrected chi connectivity index (χ1v) is 47.9. The number of nitrogens with one attached hydrogen (secondary N) is 1. The maximum atomic E-state index is 13.3. The second-order valence-electron chi connectivity index (χ2n) is 34.3. The Morgan fingerprint density at radius 3 is 1.25 bits per heavy atom. The number of pyridine rings is 5. The lowest BCUT2D eigenvalue weighted by Gasteiger charge is -2.22. The number of carbonyl (C=O) groups is 5. The number of thioether (sulfide) groups is 2. The molecule has 0 bridgehead atoms. The number of hydrogen-bond donors (Lipinski definition) is 6. The second kappa shape index (κ2) is 42.9. The summed E-state index contributed by atoms with van der Waals surface area (Å²) in [6.45, 7) is 19.3. The largest absolute Gasteiger partial charge is 0.490 e. The maximum Gasteiger partial charge on any atom is 0.323 e. The van der Waals surface area contributed by atoms with Crippen LogP contribution in [0.25, 0.3) is 120 Å². The van der Waals surface area contributed by atoms with Crippen molar-refractivity contribution in [3.8, 4) is 28.4 Å². The van der Waals surface area contributed by atoms with Gasteiger partial charge in [0.25, 0.3) is 0 Å². The number of anilines is 2. The fourth-order valence-corrected chi connectivity index (χ4v) is 19.7. The molecule has 0 spiro atoms. The predicted octanol–water partition coefficient (Wildman–Crippen LogP) is 24.6.